The number of benzene rings is 1. The highest BCUT2D eigenvalue weighted by Crippen LogP contribution is 2.31. The maximum Gasteiger partial charge on any atom is 0.278 e. The number of amides is 1. The van der Waals surface area contributed by atoms with E-state index >= 15 is 0 Å². The first-order valence-electron chi connectivity index (χ1n) is 9.90. The summed E-state index contributed by atoms with van der Waals surface area (Å²) in [6, 6.07) is 8.08. The van der Waals surface area contributed by atoms with Crippen LogP contribution in [0.4, 0.5) is 5.13 Å². The summed E-state index contributed by atoms with van der Waals surface area (Å²) in [7, 11) is 0. The molecule has 158 valence electrons. The molecule has 0 aliphatic heterocycles. The highest BCUT2D eigenvalue weighted by molar-refractivity contribution is 7.22. The summed E-state index contributed by atoms with van der Waals surface area (Å²) in [6.07, 6.45) is 1.69. The minimum absolute atomic E-state index is 0. The number of thiazole rings is 1. The summed E-state index contributed by atoms with van der Waals surface area (Å²) in [5.74, 6) is -0.0462. The normalized spacial score (nSPS) is 11.3. The van der Waals surface area contributed by atoms with Crippen molar-refractivity contribution < 1.29 is 4.79 Å². The Bertz CT molecular complexity index is 948. The molecule has 0 aliphatic carbocycles. The molecule has 0 fully saturated rings. The third kappa shape index (κ3) is 4.97. The standard InChI is InChI=1S/C21H29N5OS.ClH/c1-6-24(7-2)13-14-25(20(27)17-11-12-22-26(17)15(3)4)21-23-19-16(5)9-8-10-18(19)28-21;/h8-12,15H,6-7,13-14H2,1-5H3;1H. The zero-order valence-corrected chi connectivity index (χ0v) is 19.4. The van der Waals surface area contributed by atoms with Crippen LogP contribution in [0, 0.1) is 6.92 Å². The monoisotopic (exact) mass is 435 g/mol. The molecule has 0 bridgehead atoms. The fraction of sp³-hybridized carbons (Fsp3) is 0.476. The molecule has 0 N–H and O–H groups in total. The number of carbonyl (C=O) groups is 1. The molecule has 29 heavy (non-hydrogen) atoms. The lowest BCUT2D eigenvalue weighted by molar-refractivity contribution is 0.0971. The van der Waals surface area contributed by atoms with E-state index in [4.69, 9.17) is 4.98 Å². The van der Waals surface area contributed by atoms with E-state index < -0.39 is 0 Å². The minimum atomic E-state index is -0.0462. The molecule has 0 aliphatic rings. The van der Waals surface area contributed by atoms with Crippen molar-refractivity contribution in [3.05, 3.63) is 41.7 Å². The molecular formula is C21H30ClN5OS. The molecule has 3 aromatic rings. The second kappa shape index (κ2) is 10.2. The summed E-state index contributed by atoms with van der Waals surface area (Å²) in [5.41, 5.74) is 2.70. The molecule has 1 aromatic carbocycles. The van der Waals surface area contributed by atoms with E-state index in [0.717, 1.165) is 40.5 Å². The van der Waals surface area contributed by atoms with Gasteiger partial charge in [-0.1, -0.05) is 37.3 Å². The summed E-state index contributed by atoms with van der Waals surface area (Å²) >= 11 is 1.57. The van der Waals surface area contributed by atoms with Gasteiger partial charge in [-0.3, -0.25) is 14.4 Å². The topological polar surface area (TPSA) is 54.3 Å². The van der Waals surface area contributed by atoms with Crippen LogP contribution in [0.3, 0.4) is 0 Å². The average molecular weight is 436 g/mol. The maximum atomic E-state index is 13.5. The van der Waals surface area contributed by atoms with Gasteiger partial charge in [0.2, 0.25) is 0 Å². The molecule has 0 atom stereocenters. The number of hydrogen-bond acceptors (Lipinski definition) is 5. The number of carbonyl (C=O) groups excluding carboxylic acids is 1. The Morgan fingerprint density at radius 1 is 1.17 bits per heavy atom. The first-order chi connectivity index (χ1) is 13.5. The van der Waals surface area contributed by atoms with E-state index in [9.17, 15) is 4.79 Å². The second-order valence-corrected chi connectivity index (χ2v) is 8.17. The van der Waals surface area contributed by atoms with E-state index in [0.29, 0.717) is 12.2 Å². The van der Waals surface area contributed by atoms with E-state index in [1.54, 1.807) is 28.3 Å². The Morgan fingerprint density at radius 2 is 1.90 bits per heavy atom. The van der Waals surface area contributed by atoms with Gasteiger partial charge in [-0.25, -0.2) is 4.98 Å². The van der Waals surface area contributed by atoms with Crippen molar-refractivity contribution >= 4 is 45.0 Å². The molecule has 8 heteroatoms. The van der Waals surface area contributed by atoms with E-state index in [2.05, 4.69) is 42.9 Å². The fourth-order valence-electron chi connectivity index (χ4n) is 3.29. The predicted molar refractivity (Wildman–Crippen MR) is 124 cm³/mol. The third-order valence-electron chi connectivity index (χ3n) is 5.00. The fourth-order valence-corrected chi connectivity index (χ4v) is 4.36. The van der Waals surface area contributed by atoms with Crippen molar-refractivity contribution in [3.63, 3.8) is 0 Å². The number of fused-ring (bicyclic) bond motifs is 1. The van der Waals surface area contributed by atoms with Crippen LogP contribution in [0.5, 0.6) is 0 Å². The third-order valence-corrected chi connectivity index (χ3v) is 6.04. The minimum Gasteiger partial charge on any atom is -0.302 e. The van der Waals surface area contributed by atoms with Crippen molar-refractivity contribution in [2.45, 2.75) is 40.7 Å². The van der Waals surface area contributed by atoms with Gasteiger partial charge in [0.1, 0.15) is 5.69 Å². The zero-order chi connectivity index (χ0) is 20.3. The van der Waals surface area contributed by atoms with Crippen molar-refractivity contribution in [2.24, 2.45) is 0 Å². The molecule has 0 spiro atoms. The van der Waals surface area contributed by atoms with Gasteiger partial charge in [0.05, 0.1) is 10.2 Å². The Balaban J connectivity index is 0.00000300. The van der Waals surface area contributed by atoms with Crippen LogP contribution in [0.2, 0.25) is 0 Å². The molecular weight excluding hydrogens is 406 g/mol. The largest absolute Gasteiger partial charge is 0.302 e. The van der Waals surface area contributed by atoms with Crippen molar-refractivity contribution in [2.75, 3.05) is 31.1 Å². The Labute approximate surface area is 182 Å². The van der Waals surface area contributed by atoms with Crippen LogP contribution in [0.25, 0.3) is 10.2 Å². The van der Waals surface area contributed by atoms with Gasteiger partial charge in [-0.2, -0.15) is 5.10 Å². The lowest BCUT2D eigenvalue weighted by Crippen LogP contribution is -2.39. The number of para-hydroxylation sites is 1. The van der Waals surface area contributed by atoms with E-state index in [1.807, 2.05) is 24.8 Å². The second-order valence-electron chi connectivity index (χ2n) is 7.16. The number of aryl methyl sites for hydroxylation is 1. The molecule has 6 nitrogen and oxygen atoms in total. The van der Waals surface area contributed by atoms with Crippen LogP contribution in [-0.4, -0.2) is 51.8 Å². The van der Waals surface area contributed by atoms with Crippen LogP contribution < -0.4 is 4.90 Å². The summed E-state index contributed by atoms with van der Waals surface area (Å²) in [6.45, 7) is 13.7. The van der Waals surface area contributed by atoms with Gasteiger partial charge in [0.15, 0.2) is 5.13 Å². The van der Waals surface area contributed by atoms with E-state index in [1.165, 1.54) is 0 Å². The molecule has 0 saturated heterocycles. The maximum absolute atomic E-state index is 13.5. The van der Waals surface area contributed by atoms with Gasteiger partial charge in [-0.15, -0.1) is 12.4 Å². The number of aromatic nitrogens is 3. The van der Waals surface area contributed by atoms with Crippen LogP contribution >= 0.6 is 23.7 Å². The predicted octanol–water partition coefficient (Wildman–Crippen LogP) is 4.79. The van der Waals surface area contributed by atoms with Gasteiger partial charge in [0, 0.05) is 25.3 Å². The summed E-state index contributed by atoms with van der Waals surface area (Å²) in [5, 5.41) is 5.09. The smallest absolute Gasteiger partial charge is 0.278 e. The lowest BCUT2D eigenvalue weighted by atomic mass is 10.2. The first kappa shape index (κ1) is 23.3. The van der Waals surface area contributed by atoms with Gasteiger partial charge < -0.3 is 4.90 Å². The summed E-state index contributed by atoms with van der Waals surface area (Å²) < 4.78 is 2.89. The summed E-state index contributed by atoms with van der Waals surface area (Å²) in [4.78, 5) is 22.5. The average Bonchev–Trinajstić information content (AvgIpc) is 3.32. The Kier molecular flexibility index (Phi) is 8.19. The SMILES string of the molecule is CCN(CC)CCN(C(=O)c1ccnn1C(C)C)c1nc2c(C)cccc2s1.Cl. The van der Waals surface area contributed by atoms with Gasteiger partial charge in [0.25, 0.3) is 5.91 Å². The number of nitrogens with zero attached hydrogens (tertiary/aromatic N) is 5. The van der Waals surface area contributed by atoms with Crippen molar-refractivity contribution in [3.8, 4) is 0 Å². The quantitative estimate of drug-likeness (QED) is 0.510. The molecule has 2 heterocycles. The number of anilines is 1. The lowest BCUT2D eigenvalue weighted by Gasteiger charge is -2.25. The first-order valence-corrected chi connectivity index (χ1v) is 10.7. The molecule has 3 rings (SSSR count). The van der Waals surface area contributed by atoms with Gasteiger partial charge >= 0.3 is 0 Å². The van der Waals surface area contributed by atoms with Crippen LogP contribution in [-0.2, 0) is 0 Å². The van der Waals surface area contributed by atoms with Crippen molar-refractivity contribution in [1.29, 1.82) is 0 Å². The zero-order valence-electron chi connectivity index (χ0n) is 17.8. The molecule has 1 amide bonds. The van der Waals surface area contributed by atoms with Crippen molar-refractivity contribution in [1.82, 2.24) is 19.7 Å². The van der Waals surface area contributed by atoms with Crippen LogP contribution in [0.1, 0.15) is 49.8 Å². The van der Waals surface area contributed by atoms with Crippen LogP contribution in [0.15, 0.2) is 30.5 Å². The number of rotatable bonds is 8. The van der Waals surface area contributed by atoms with E-state index in [-0.39, 0.29) is 24.4 Å². The molecule has 2 aromatic heterocycles. The highest BCUT2D eigenvalue weighted by Gasteiger charge is 2.25. The molecule has 0 radical (unpaired) electrons. The molecule has 0 unspecified atom stereocenters. The Morgan fingerprint density at radius 3 is 2.52 bits per heavy atom. The van der Waals surface area contributed by atoms with Gasteiger partial charge in [-0.05, 0) is 51.6 Å². The number of hydrogen-bond donors (Lipinski definition) is 0. The number of likely N-dealkylation sites (N-methyl/N-ethyl adjacent to an activating group) is 1. The highest BCUT2D eigenvalue weighted by atomic mass is 35.5. The number of halogens is 1. The molecule has 0 saturated carbocycles. The Hall–Kier alpha value is -1.96.